The van der Waals surface area contributed by atoms with Crippen molar-refractivity contribution in [3.8, 4) is 6.07 Å². The van der Waals surface area contributed by atoms with Crippen LogP contribution in [0.25, 0.3) is 5.57 Å². The number of amides is 1. The Hall–Kier alpha value is -3.83. The fraction of sp³-hybridized carbons (Fsp3) is 0.0476. The lowest BCUT2D eigenvalue weighted by molar-refractivity contribution is 0.102. The summed E-state index contributed by atoms with van der Waals surface area (Å²) in [5, 5.41) is 22.8. The van der Waals surface area contributed by atoms with Gasteiger partial charge in [0.25, 0.3) is 11.8 Å². The van der Waals surface area contributed by atoms with Crippen molar-refractivity contribution in [3.63, 3.8) is 0 Å². The molecule has 3 aromatic rings. The van der Waals surface area contributed by atoms with Crippen LogP contribution in [0.2, 0.25) is 0 Å². The molecular formula is C21H15N5O2S. The van der Waals surface area contributed by atoms with E-state index in [4.69, 9.17) is 4.42 Å². The van der Waals surface area contributed by atoms with Crippen LogP contribution in [0, 0.1) is 11.3 Å². The van der Waals surface area contributed by atoms with E-state index in [1.165, 1.54) is 11.8 Å². The predicted octanol–water partition coefficient (Wildman–Crippen LogP) is 4.63. The summed E-state index contributed by atoms with van der Waals surface area (Å²) in [6.07, 6.45) is 0. The molecule has 0 fully saturated rings. The first-order valence-corrected chi connectivity index (χ1v) is 9.58. The Balaban J connectivity index is 1.63. The molecule has 1 amide bonds. The molecule has 0 saturated heterocycles. The van der Waals surface area contributed by atoms with E-state index >= 15 is 0 Å². The Bertz CT molecular complexity index is 1150. The standard InChI is InChI=1S/C21H15N5O2S/c1-14-13-29-20(26(14)16-10-6-3-7-11-16)17(12-22)19-24-25-21(28-19)23-18(27)15-8-4-2-5-9-15/h2-11,13H,1H3,(H,23,25,27)/b20-17+. The van der Waals surface area contributed by atoms with Crippen molar-refractivity contribution in [3.05, 3.63) is 88.3 Å². The number of nitrogens with zero attached hydrogens (tertiary/aromatic N) is 4. The van der Waals surface area contributed by atoms with Crippen LogP contribution in [0.5, 0.6) is 0 Å². The zero-order chi connectivity index (χ0) is 20.2. The van der Waals surface area contributed by atoms with Crippen molar-refractivity contribution >= 4 is 34.9 Å². The zero-order valence-corrected chi connectivity index (χ0v) is 16.2. The molecule has 1 aromatic heterocycles. The van der Waals surface area contributed by atoms with Crippen molar-refractivity contribution in [2.45, 2.75) is 6.92 Å². The highest BCUT2D eigenvalue weighted by Crippen LogP contribution is 2.42. The van der Waals surface area contributed by atoms with E-state index in [1.807, 2.05) is 53.6 Å². The van der Waals surface area contributed by atoms with Crippen LogP contribution < -0.4 is 10.2 Å². The van der Waals surface area contributed by atoms with Crippen LogP contribution in [-0.4, -0.2) is 16.1 Å². The molecule has 29 heavy (non-hydrogen) atoms. The molecule has 8 heteroatoms. The Morgan fingerprint density at radius 2 is 1.79 bits per heavy atom. The molecule has 0 bridgehead atoms. The van der Waals surface area contributed by atoms with E-state index in [0.29, 0.717) is 10.6 Å². The monoisotopic (exact) mass is 401 g/mol. The molecule has 1 aliphatic heterocycles. The van der Waals surface area contributed by atoms with E-state index in [9.17, 15) is 10.1 Å². The number of anilines is 2. The smallest absolute Gasteiger partial charge is 0.322 e. The topological polar surface area (TPSA) is 95.0 Å². The van der Waals surface area contributed by atoms with Gasteiger partial charge in [0.2, 0.25) is 0 Å². The molecule has 4 rings (SSSR count). The Morgan fingerprint density at radius 3 is 2.48 bits per heavy atom. The molecule has 1 aliphatic rings. The van der Waals surface area contributed by atoms with E-state index in [2.05, 4.69) is 21.6 Å². The second-order valence-corrected chi connectivity index (χ2v) is 6.93. The maximum atomic E-state index is 12.3. The minimum Gasteiger partial charge on any atom is -0.402 e. The minimum absolute atomic E-state index is 0.0439. The molecule has 0 saturated carbocycles. The summed E-state index contributed by atoms with van der Waals surface area (Å²) in [5.41, 5.74) is 2.60. The van der Waals surface area contributed by atoms with Gasteiger partial charge in [-0.05, 0) is 36.6 Å². The molecule has 142 valence electrons. The van der Waals surface area contributed by atoms with E-state index in [-0.39, 0.29) is 23.4 Å². The van der Waals surface area contributed by atoms with Gasteiger partial charge < -0.3 is 9.32 Å². The van der Waals surface area contributed by atoms with Gasteiger partial charge >= 0.3 is 6.01 Å². The van der Waals surface area contributed by atoms with Gasteiger partial charge in [0.1, 0.15) is 16.7 Å². The molecule has 1 N–H and O–H groups in total. The van der Waals surface area contributed by atoms with Crippen LogP contribution in [-0.2, 0) is 0 Å². The number of para-hydroxylation sites is 1. The van der Waals surface area contributed by atoms with Gasteiger partial charge in [0.05, 0.1) is 0 Å². The van der Waals surface area contributed by atoms with Crippen molar-refractivity contribution in [1.29, 1.82) is 5.26 Å². The lowest BCUT2D eigenvalue weighted by Gasteiger charge is -2.22. The van der Waals surface area contributed by atoms with Crippen molar-refractivity contribution in [1.82, 2.24) is 10.2 Å². The number of aromatic nitrogens is 2. The number of nitriles is 1. The highest BCUT2D eigenvalue weighted by Gasteiger charge is 2.27. The maximum absolute atomic E-state index is 12.3. The van der Waals surface area contributed by atoms with Gasteiger partial charge in [-0.2, -0.15) is 5.26 Å². The largest absolute Gasteiger partial charge is 0.402 e. The first-order chi connectivity index (χ1) is 14.2. The quantitative estimate of drug-likeness (QED) is 0.637. The number of rotatable bonds is 4. The van der Waals surface area contributed by atoms with Gasteiger partial charge in [-0.3, -0.25) is 10.1 Å². The van der Waals surface area contributed by atoms with Gasteiger partial charge in [0, 0.05) is 16.9 Å². The van der Waals surface area contributed by atoms with Crippen LogP contribution in [0.4, 0.5) is 11.7 Å². The fourth-order valence-corrected chi connectivity index (χ4v) is 3.79. The number of carbonyl (C=O) groups excluding carboxylic acids is 1. The average Bonchev–Trinajstić information content (AvgIpc) is 3.37. The number of benzene rings is 2. The molecule has 2 heterocycles. The number of nitrogens with one attached hydrogen (secondary N) is 1. The normalized spacial score (nSPS) is 14.9. The maximum Gasteiger partial charge on any atom is 0.322 e. The van der Waals surface area contributed by atoms with Gasteiger partial charge in [-0.1, -0.05) is 53.3 Å². The summed E-state index contributed by atoms with van der Waals surface area (Å²) in [5.74, 6) is -0.326. The summed E-state index contributed by atoms with van der Waals surface area (Å²) in [7, 11) is 0. The highest BCUT2D eigenvalue weighted by atomic mass is 32.2. The van der Waals surface area contributed by atoms with E-state index < -0.39 is 0 Å². The van der Waals surface area contributed by atoms with E-state index in [1.54, 1.807) is 24.3 Å². The van der Waals surface area contributed by atoms with Gasteiger partial charge in [-0.25, -0.2) is 0 Å². The molecule has 2 aromatic carbocycles. The lowest BCUT2D eigenvalue weighted by Crippen LogP contribution is -2.15. The van der Waals surface area contributed by atoms with Crippen molar-refractivity contribution < 1.29 is 9.21 Å². The van der Waals surface area contributed by atoms with Crippen LogP contribution >= 0.6 is 11.8 Å². The number of carbonyl (C=O) groups is 1. The molecule has 0 atom stereocenters. The molecule has 0 aliphatic carbocycles. The average molecular weight is 401 g/mol. The van der Waals surface area contributed by atoms with Gasteiger partial charge in [-0.15, -0.1) is 5.10 Å². The summed E-state index contributed by atoms with van der Waals surface area (Å²) < 4.78 is 5.56. The molecule has 0 spiro atoms. The SMILES string of the molecule is CC1=CS/C(=C(\C#N)c2nnc(NC(=O)c3ccccc3)o2)N1c1ccccc1. The second kappa shape index (κ2) is 8.04. The van der Waals surface area contributed by atoms with Crippen LogP contribution in [0.15, 0.2) is 81.2 Å². The Kier molecular flexibility index (Phi) is 5.14. The summed E-state index contributed by atoms with van der Waals surface area (Å²) in [4.78, 5) is 14.2. The first-order valence-electron chi connectivity index (χ1n) is 8.70. The molecular weight excluding hydrogens is 386 g/mol. The zero-order valence-electron chi connectivity index (χ0n) is 15.4. The number of allylic oxidation sites excluding steroid dienone is 2. The molecule has 7 nitrogen and oxygen atoms in total. The summed E-state index contributed by atoms with van der Waals surface area (Å²) in [6.45, 7) is 1.96. The summed E-state index contributed by atoms with van der Waals surface area (Å²) >= 11 is 1.41. The number of hydrogen-bond donors (Lipinski definition) is 1. The third-order valence-electron chi connectivity index (χ3n) is 4.13. The van der Waals surface area contributed by atoms with Crippen LogP contribution in [0.3, 0.4) is 0 Å². The minimum atomic E-state index is -0.370. The third kappa shape index (κ3) is 3.77. The van der Waals surface area contributed by atoms with Gasteiger partial charge in [0.15, 0.2) is 0 Å². The number of thioether (sulfide) groups is 1. The number of hydrogen-bond acceptors (Lipinski definition) is 7. The highest BCUT2D eigenvalue weighted by molar-refractivity contribution is 8.06. The van der Waals surface area contributed by atoms with Crippen LogP contribution in [0.1, 0.15) is 23.2 Å². The fourth-order valence-electron chi connectivity index (χ4n) is 2.80. The second-order valence-electron chi connectivity index (χ2n) is 6.07. The summed E-state index contributed by atoms with van der Waals surface area (Å²) in [6, 6.07) is 20.5. The van der Waals surface area contributed by atoms with Crippen molar-refractivity contribution in [2.24, 2.45) is 0 Å². The molecule has 0 radical (unpaired) electrons. The third-order valence-corrected chi connectivity index (χ3v) is 5.20. The Labute approximate surface area is 171 Å². The molecule has 0 unspecified atom stereocenters. The Morgan fingerprint density at radius 1 is 1.10 bits per heavy atom. The van der Waals surface area contributed by atoms with Crippen molar-refractivity contribution in [2.75, 3.05) is 10.2 Å². The first kappa shape index (κ1) is 18.5. The lowest BCUT2D eigenvalue weighted by atomic mass is 10.2. The predicted molar refractivity (Wildman–Crippen MR) is 111 cm³/mol. The van der Waals surface area contributed by atoms with E-state index in [0.717, 1.165) is 11.4 Å².